The van der Waals surface area contributed by atoms with Gasteiger partial charge >= 0.3 is 0 Å². The van der Waals surface area contributed by atoms with Gasteiger partial charge in [-0.15, -0.1) is 0 Å². The lowest BCUT2D eigenvalue weighted by atomic mass is 10.1. The molecule has 31 heavy (non-hydrogen) atoms. The van der Waals surface area contributed by atoms with Crippen molar-refractivity contribution in [1.29, 1.82) is 0 Å². The van der Waals surface area contributed by atoms with Gasteiger partial charge in [0.15, 0.2) is 0 Å². The molecule has 0 aliphatic rings. The number of unbranched alkanes of at least 4 members (excludes halogenated alkanes) is 1. The SMILES string of the molecule is CCCCN(CC(=O)N(Cc1ccco1)Cc1cccn1C)C(=O)c1ccc(F)cc1. The first-order valence-electron chi connectivity index (χ1n) is 10.4. The van der Waals surface area contributed by atoms with Crippen molar-refractivity contribution in [3.63, 3.8) is 0 Å². The van der Waals surface area contributed by atoms with Crippen LogP contribution in [0.5, 0.6) is 0 Å². The molecule has 1 aromatic carbocycles. The van der Waals surface area contributed by atoms with E-state index >= 15 is 0 Å². The predicted octanol–water partition coefficient (Wildman–Crippen LogP) is 4.23. The molecule has 3 aromatic rings. The number of rotatable bonds is 10. The second kappa shape index (κ2) is 10.6. The Morgan fingerprint density at radius 1 is 1.03 bits per heavy atom. The van der Waals surface area contributed by atoms with Gasteiger partial charge in [0.2, 0.25) is 5.91 Å². The van der Waals surface area contributed by atoms with E-state index in [-0.39, 0.29) is 18.4 Å². The summed E-state index contributed by atoms with van der Waals surface area (Å²) in [4.78, 5) is 29.5. The van der Waals surface area contributed by atoms with Gasteiger partial charge in [0.05, 0.1) is 19.4 Å². The van der Waals surface area contributed by atoms with E-state index in [1.807, 2.05) is 42.9 Å². The van der Waals surface area contributed by atoms with Crippen molar-refractivity contribution in [3.8, 4) is 0 Å². The molecule has 0 aliphatic carbocycles. The molecular formula is C24H28FN3O3. The molecule has 3 rings (SSSR count). The second-order valence-electron chi connectivity index (χ2n) is 7.53. The Hall–Kier alpha value is -3.35. The normalized spacial score (nSPS) is 10.8. The molecule has 0 unspecified atom stereocenters. The number of hydrogen-bond acceptors (Lipinski definition) is 3. The molecule has 6 nitrogen and oxygen atoms in total. The minimum absolute atomic E-state index is 0.0542. The highest BCUT2D eigenvalue weighted by atomic mass is 19.1. The minimum atomic E-state index is -0.403. The van der Waals surface area contributed by atoms with Gasteiger partial charge in [-0.05, 0) is 55.0 Å². The van der Waals surface area contributed by atoms with Crippen LogP contribution in [-0.4, -0.2) is 39.3 Å². The van der Waals surface area contributed by atoms with E-state index in [2.05, 4.69) is 0 Å². The molecular weight excluding hydrogens is 397 g/mol. The van der Waals surface area contributed by atoms with Crippen LogP contribution in [0.15, 0.2) is 65.4 Å². The topological polar surface area (TPSA) is 58.7 Å². The molecule has 2 heterocycles. The van der Waals surface area contributed by atoms with Crippen molar-refractivity contribution in [2.45, 2.75) is 32.9 Å². The Balaban J connectivity index is 1.78. The maximum absolute atomic E-state index is 13.3. The number of nitrogens with zero attached hydrogens (tertiary/aromatic N) is 3. The molecule has 0 radical (unpaired) electrons. The molecule has 0 aliphatic heterocycles. The third-order valence-electron chi connectivity index (χ3n) is 5.17. The van der Waals surface area contributed by atoms with E-state index in [1.54, 1.807) is 22.1 Å². The van der Waals surface area contributed by atoms with Crippen LogP contribution in [0.4, 0.5) is 4.39 Å². The van der Waals surface area contributed by atoms with E-state index in [0.717, 1.165) is 18.5 Å². The van der Waals surface area contributed by atoms with Crippen LogP contribution >= 0.6 is 0 Å². The van der Waals surface area contributed by atoms with Crippen LogP contribution in [0.3, 0.4) is 0 Å². The van der Waals surface area contributed by atoms with Gasteiger partial charge < -0.3 is 18.8 Å². The maximum atomic E-state index is 13.3. The van der Waals surface area contributed by atoms with Crippen LogP contribution in [-0.2, 0) is 24.9 Å². The first kappa shape index (κ1) is 22.3. The van der Waals surface area contributed by atoms with E-state index in [0.29, 0.717) is 31.0 Å². The molecule has 0 saturated carbocycles. The van der Waals surface area contributed by atoms with Crippen molar-refractivity contribution < 1.29 is 18.4 Å². The fraction of sp³-hybridized carbons (Fsp3) is 0.333. The summed E-state index contributed by atoms with van der Waals surface area (Å²) in [6, 6.07) is 12.9. The molecule has 7 heteroatoms. The number of carbonyl (C=O) groups excluding carboxylic acids is 2. The quantitative estimate of drug-likeness (QED) is 0.488. The first-order chi connectivity index (χ1) is 15.0. The second-order valence-corrected chi connectivity index (χ2v) is 7.53. The Morgan fingerprint density at radius 3 is 2.42 bits per heavy atom. The van der Waals surface area contributed by atoms with Gasteiger partial charge in [-0.1, -0.05) is 13.3 Å². The van der Waals surface area contributed by atoms with Gasteiger partial charge in [-0.2, -0.15) is 0 Å². The Labute approximate surface area is 181 Å². The number of aryl methyl sites for hydroxylation is 1. The van der Waals surface area contributed by atoms with Crippen LogP contribution < -0.4 is 0 Å². The summed E-state index contributed by atoms with van der Waals surface area (Å²) in [5.41, 5.74) is 1.34. The van der Waals surface area contributed by atoms with Crippen molar-refractivity contribution in [1.82, 2.24) is 14.4 Å². The molecule has 0 saturated heterocycles. The number of carbonyl (C=O) groups is 2. The maximum Gasteiger partial charge on any atom is 0.254 e. The van der Waals surface area contributed by atoms with E-state index in [9.17, 15) is 14.0 Å². The fourth-order valence-electron chi connectivity index (χ4n) is 3.32. The monoisotopic (exact) mass is 425 g/mol. The zero-order chi connectivity index (χ0) is 22.2. The molecule has 2 aromatic heterocycles. The largest absolute Gasteiger partial charge is 0.467 e. The standard InChI is InChI=1S/C24H28FN3O3/c1-3-4-14-27(24(30)19-9-11-20(25)12-10-19)18-23(29)28(17-22-8-6-15-31-22)16-21-7-5-13-26(21)2/h5-13,15H,3-4,14,16-18H2,1-2H3. The molecule has 0 bridgehead atoms. The zero-order valence-corrected chi connectivity index (χ0v) is 18.0. The summed E-state index contributed by atoms with van der Waals surface area (Å²) < 4.78 is 20.7. The van der Waals surface area contributed by atoms with Crippen molar-refractivity contribution in [2.75, 3.05) is 13.1 Å². The number of furan rings is 1. The lowest BCUT2D eigenvalue weighted by Gasteiger charge is -2.27. The van der Waals surface area contributed by atoms with Gasteiger partial charge in [-0.3, -0.25) is 9.59 Å². The lowest BCUT2D eigenvalue weighted by Crippen LogP contribution is -2.43. The Kier molecular flexibility index (Phi) is 7.65. The summed E-state index contributed by atoms with van der Waals surface area (Å²) in [6.45, 7) is 3.14. The average Bonchev–Trinajstić information content (AvgIpc) is 3.42. The lowest BCUT2D eigenvalue weighted by molar-refractivity contribution is -0.133. The van der Waals surface area contributed by atoms with Crippen LogP contribution in [0.1, 0.15) is 41.6 Å². The highest BCUT2D eigenvalue weighted by Gasteiger charge is 2.23. The third kappa shape index (κ3) is 6.07. The van der Waals surface area contributed by atoms with E-state index in [1.165, 1.54) is 24.3 Å². The van der Waals surface area contributed by atoms with Gasteiger partial charge in [0.1, 0.15) is 18.1 Å². The molecule has 2 amide bonds. The highest BCUT2D eigenvalue weighted by molar-refractivity contribution is 5.96. The molecule has 0 N–H and O–H groups in total. The summed E-state index contributed by atoms with van der Waals surface area (Å²) in [5.74, 6) is -0.185. The molecule has 0 fully saturated rings. The fourth-order valence-corrected chi connectivity index (χ4v) is 3.32. The van der Waals surface area contributed by atoms with Gasteiger partial charge in [-0.25, -0.2) is 4.39 Å². The van der Waals surface area contributed by atoms with Crippen LogP contribution in [0.25, 0.3) is 0 Å². The summed E-state index contributed by atoms with van der Waals surface area (Å²) >= 11 is 0. The van der Waals surface area contributed by atoms with Crippen LogP contribution in [0, 0.1) is 5.82 Å². The molecule has 0 spiro atoms. The average molecular weight is 426 g/mol. The van der Waals surface area contributed by atoms with Gasteiger partial charge in [0.25, 0.3) is 5.91 Å². The Bertz CT molecular complexity index is 980. The number of amides is 2. The number of benzene rings is 1. The van der Waals surface area contributed by atoms with Gasteiger partial charge in [0, 0.05) is 31.0 Å². The third-order valence-corrected chi connectivity index (χ3v) is 5.17. The van der Waals surface area contributed by atoms with Crippen molar-refractivity contribution >= 4 is 11.8 Å². The number of hydrogen-bond donors (Lipinski definition) is 0. The van der Waals surface area contributed by atoms with E-state index in [4.69, 9.17) is 4.42 Å². The predicted molar refractivity (Wildman–Crippen MR) is 116 cm³/mol. The number of halogens is 1. The molecule has 164 valence electrons. The van der Waals surface area contributed by atoms with Crippen molar-refractivity contribution in [2.24, 2.45) is 7.05 Å². The number of aromatic nitrogens is 1. The first-order valence-corrected chi connectivity index (χ1v) is 10.4. The van der Waals surface area contributed by atoms with E-state index < -0.39 is 5.82 Å². The smallest absolute Gasteiger partial charge is 0.254 e. The highest BCUT2D eigenvalue weighted by Crippen LogP contribution is 2.14. The minimum Gasteiger partial charge on any atom is -0.467 e. The molecule has 0 atom stereocenters. The van der Waals surface area contributed by atoms with Crippen molar-refractivity contribution in [3.05, 3.63) is 83.8 Å². The summed E-state index contributed by atoms with van der Waals surface area (Å²) in [7, 11) is 1.93. The summed E-state index contributed by atoms with van der Waals surface area (Å²) in [5, 5.41) is 0. The zero-order valence-electron chi connectivity index (χ0n) is 18.0. The summed E-state index contributed by atoms with van der Waals surface area (Å²) in [6.07, 6.45) is 5.17. The Morgan fingerprint density at radius 2 is 1.81 bits per heavy atom. The van der Waals surface area contributed by atoms with Crippen LogP contribution in [0.2, 0.25) is 0 Å².